The van der Waals surface area contributed by atoms with E-state index in [4.69, 9.17) is 4.74 Å². The molecule has 0 aliphatic carbocycles. The number of phenols is 1. The second-order valence-electron chi connectivity index (χ2n) is 4.18. The first-order chi connectivity index (χ1) is 8.11. The third-order valence-electron chi connectivity index (χ3n) is 2.82. The summed E-state index contributed by atoms with van der Waals surface area (Å²) in [4.78, 5) is 11.8. The number of hydrogen-bond donors (Lipinski definition) is 3. The van der Waals surface area contributed by atoms with Crippen LogP contribution in [0.2, 0.25) is 0 Å². The molecule has 3 N–H and O–H groups in total. The van der Waals surface area contributed by atoms with Crippen LogP contribution in [0.5, 0.6) is 11.5 Å². The van der Waals surface area contributed by atoms with E-state index in [2.05, 4.69) is 10.6 Å². The highest BCUT2D eigenvalue weighted by Gasteiger charge is 2.26. The van der Waals surface area contributed by atoms with Crippen molar-refractivity contribution >= 4 is 5.91 Å². The molecule has 5 heteroatoms. The van der Waals surface area contributed by atoms with Crippen LogP contribution in [0.15, 0.2) is 18.2 Å². The molecular formula is C12H16N2O3. The zero-order valence-corrected chi connectivity index (χ0v) is 9.86. The van der Waals surface area contributed by atoms with Crippen molar-refractivity contribution in [1.29, 1.82) is 0 Å². The molecule has 1 amide bonds. The van der Waals surface area contributed by atoms with Crippen LogP contribution in [0.3, 0.4) is 0 Å². The normalized spacial score (nSPS) is 24.2. The van der Waals surface area contributed by atoms with E-state index in [-0.39, 0.29) is 17.7 Å². The molecule has 2 unspecified atom stereocenters. The van der Waals surface area contributed by atoms with Crippen LogP contribution in [-0.4, -0.2) is 30.7 Å². The second kappa shape index (κ2) is 4.63. The summed E-state index contributed by atoms with van der Waals surface area (Å²) >= 11 is 0. The number of rotatable bonds is 2. The van der Waals surface area contributed by atoms with Crippen LogP contribution >= 0.6 is 0 Å². The van der Waals surface area contributed by atoms with Gasteiger partial charge in [-0.05, 0) is 24.6 Å². The molecule has 92 valence electrons. The zero-order chi connectivity index (χ0) is 12.4. The molecular weight excluding hydrogens is 220 g/mol. The largest absolute Gasteiger partial charge is 0.504 e. The Labute approximate surface area is 99.8 Å². The number of nitrogens with one attached hydrogen (secondary N) is 2. The predicted octanol–water partition coefficient (Wildman–Crippen LogP) is 0.550. The molecule has 0 aromatic heterocycles. The van der Waals surface area contributed by atoms with E-state index in [0.717, 1.165) is 5.56 Å². The Kier molecular flexibility index (Phi) is 3.19. The van der Waals surface area contributed by atoms with Gasteiger partial charge in [0.1, 0.15) is 6.04 Å². The van der Waals surface area contributed by atoms with Crippen molar-refractivity contribution in [2.24, 2.45) is 0 Å². The lowest BCUT2D eigenvalue weighted by Crippen LogP contribution is -2.52. The highest BCUT2D eigenvalue weighted by atomic mass is 16.5. The van der Waals surface area contributed by atoms with E-state index < -0.39 is 6.04 Å². The van der Waals surface area contributed by atoms with Gasteiger partial charge in [0.15, 0.2) is 11.5 Å². The maximum atomic E-state index is 11.8. The quantitative estimate of drug-likeness (QED) is 0.701. The molecule has 1 saturated heterocycles. The lowest BCUT2D eigenvalue weighted by Gasteiger charge is -2.28. The standard InChI is InChI=1S/C12H16N2O3/c1-7-6-13-11(12(16)14-7)8-3-4-10(17-2)9(15)5-8/h3-5,7,11,13,15H,6H2,1-2H3,(H,14,16). The molecule has 17 heavy (non-hydrogen) atoms. The van der Waals surface area contributed by atoms with Gasteiger partial charge in [-0.2, -0.15) is 0 Å². The van der Waals surface area contributed by atoms with Crippen LogP contribution in [0.4, 0.5) is 0 Å². The third kappa shape index (κ3) is 2.34. The number of amides is 1. The van der Waals surface area contributed by atoms with Gasteiger partial charge in [-0.25, -0.2) is 0 Å². The van der Waals surface area contributed by atoms with Crippen molar-refractivity contribution in [1.82, 2.24) is 10.6 Å². The van der Waals surface area contributed by atoms with Gasteiger partial charge in [0.2, 0.25) is 5.91 Å². The number of methoxy groups -OCH3 is 1. The van der Waals surface area contributed by atoms with Crippen molar-refractivity contribution in [3.8, 4) is 11.5 Å². The average Bonchev–Trinajstić information content (AvgIpc) is 2.29. The van der Waals surface area contributed by atoms with Crippen molar-refractivity contribution in [3.63, 3.8) is 0 Å². The minimum absolute atomic E-state index is 0.0400. The summed E-state index contributed by atoms with van der Waals surface area (Å²) in [6, 6.07) is 4.68. The van der Waals surface area contributed by atoms with Crippen LogP contribution in [-0.2, 0) is 4.79 Å². The van der Waals surface area contributed by atoms with E-state index in [1.54, 1.807) is 18.2 Å². The number of benzene rings is 1. The molecule has 1 fully saturated rings. The molecule has 0 radical (unpaired) electrons. The Hall–Kier alpha value is -1.75. The van der Waals surface area contributed by atoms with E-state index >= 15 is 0 Å². The van der Waals surface area contributed by atoms with Gasteiger partial charge < -0.3 is 20.5 Å². The smallest absolute Gasteiger partial charge is 0.241 e. The Morgan fingerprint density at radius 3 is 2.82 bits per heavy atom. The van der Waals surface area contributed by atoms with Gasteiger partial charge in [-0.3, -0.25) is 4.79 Å². The van der Waals surface area contributed by atoms with Crippen LogP contribution in [0.25, 0.3) is 0 Å². The van der Waals surface area contributed by atoms with Gasteiger partial charge in [-0.1, -0.05) is 6.07 Å². The molecule has 5 nitrogen and oxygen atoms in total. The molecule has 0 bridgehead atoms. The predicted molar refractivity (Wildman–Crippen MR) is 63.0 cm³/mol. The summed E-state index contributed by atoms with van der Waals surface area (Å²) in [7, 11) is 1.49. The number of carbonyl (C=O) groups excluding carboxylic acids is 1. The van der Waals surface area contributed by atoms with Gasteiger partial charge in [0, 0.05) is 12.6 Å². The first kappa shape index (κ1) is 11.7. The number of carbonyl (C=O) groups is 1. The van der Waals surface area contributed by atoms with E-state index in [1.807, 2.05) is 6.92 Å². The van der Waals surface area contributed by atoms with Crippen LogP contribution < -0.4 is 15.4 Å². The molecule has 0 spiro atoms. The summed E-state index contributed by atoms with van der Waals surface area (Å²) in [6.07, 6.45) is 0. The summed E-state index contributed by atoms with van der Waals surface area (Å²) < 4.78 is 4.96. The minimum Gasteiger partial charge on any atom is -0.504 e. The van der Waals surface area contributed by atoms with Gasteiger partial charge in [0.25, 0.3) is 0 Å². The molecule has 0 saturated carbocycles. The minimum atomic E-state index is -0.414. The lowest BCUT2D eigenvalue weighted by atomic mass is 10.0. The fourth-order valence-corrected chi connectivity index (χ4v) is 1.92. The maximum Gasteiger partial charge on any atom is 0.241 e. The van der Waals surface area contributed by atoms with Crippen LogP contribution in [0, 0.1) is 0 Å². The zero-order valence-electron chi connectivity index (χ0n) is 9.86. The Bertz CT molecular complexity index is 434. The first-order valence-electron chi connectivity index (χ1n) is 5.52. The van der Waals surface area contributed by atoms with E-state index in [9.17, 15) is 9.90 Å². The highest BCUT2D eigenvalue weighted by Crippen LogP contribution is 2.29. The Morgan fingerprint density at radius 2 is 2.24 bits per heavy atom. The van der Waals surface area contributed by atoms with Gasteiger partial charge >= 0.3 is 0 Å². The van der Waals surface area contributed by atoms with E-state index in [0.29, 0.717) is 12.3 Å². The van der Waals surface area contributed by atoms with E-state index in [1.165, 1.54) is 7.11 Å². The summed E-state index contributed by atoms with van der Waals surface area (Å²) in [5.74, 6) is 0.366. The summed E-state index contributed by atoms with van der Waals surface area (Å²) in [6.45, 7) is 2.65. The fourth-order valence-electron chi connectivity index (χ4n) is 1.92. The van der Waals surface area contributed by atoms with Crippen molar-refractivity contribution in [2.45, 2.75) is 19.0 Å². The van der Waals surface area contributed by atoms with Crippen LogP contribution in [0.1, 0.15) is 18.5 Å². The SMILES string of the molecule is COc1ccc(C2NCC(C)NC2=O)cc1O. The van der Waals surface area contributed by atoms with Crippen molar-refractivity contribution in [3.05, 3.63) is 23.8 Å². The number of piperazine rings is 1. The number of hydrogen-bond acceptors (Lipinski definition) is 4. The van der Waals surface area contributed by atoms with Gasteiger partial charge in [-0.15, -0.1) is 0 Å². The monoisotopic (exact) mass is 236 g/mol. The topological polar surface area (TPSA) is 70.6 Å². The fraction of sp³-hybridized carbons (Fsp3) is 0.417. The maximum absolute atomic E-state index is 11.8. The van der Waals surface area contributed by atoms with Gasteiger partial charge in [0.05, 0.1) is 7.11 Å². The Morgan fingerprint density at radius 1 is 1.47 bits per heavy atom. The number of ether oxygens (including phenoxy) is 1. The highest BCUT2D eigenvalue weighted by molar-refractivity contribution is 5.84. The van der Waals surface area contributed by atoms with Crippen molar-refractivity contribution in [2.75, 3.05) is 13.7 Å². The molecule has 1 aromatic rings. The second-order valence-corrected chi connectivity index (χ2v) is 4.18. The molecule has 1 aliphatic heterocycles. The molecule has 1 aromatic carbocycles. The lowest BCUT2D eigenvalue weighted by molar-refractivity contribution is -0.125. The molecule has 2 rings (SSSR count). The van der Waals surface area contributed by atoms with Crippen molar-refractivity contribution < 1.29 is 14.6 Å². The molecule has 2 atom stereocenters. The molecule has 1 heterocycles. The average molecular weight is 236 g/mol. The number of phenolic OH excluding ortho intramolecular Hbond substituents is 1. The third-order valence-corrected chi connectivity index (χ3v) is 2.82. The first-order valence-corrected chi connectivity index (χ1v) is 5.52. The number of aromatic hydroxyl groups is 1. The Balaban J connectivity index is 2.22. The summed E-state index contributed by atoms with van der Waals surface area (Å²) in [5, 5.41) is 15.7. The molecule has 1 aliphatic rings. The summed E-state index contributed by atoms with van der Waals surface area (Å²) in [5.41, 5.74) is 0.729.